The molecule has 1 unspecified atom stereocenters. The molecule has 1 heterocycles. The maximum atomic E-state index is 12.8. The largest absolute Gasteiger partial charge is 0.416 e. The third kappa shape index (κ3) is 3.96. The van der Waals surface area contributed by atoms with Crippen molar-refractivity contribution < 1.29 is 13.2 Å². The van der Waals surface area contributed by atoms with E-state index < -0.39 is 11.7 Å². The zero-order valence-corrected chi connectivity index (χ0v) is 17.1. The first-order valence-corrected chi connectivity index (χ1v) is 10.4. The van der Waals surface area contributed by atoms with Gasteiger partial charge in [-0.25, -0.2) is 9.97 Å². The lowest BCUT2D eigenvalue weighted by molar-refractivity contribution is -0.137. The minimum Gasteiger partial charge on any atom is -0.350 e. The van der Waals surface area contributed by atoms with E-state index >= 15 is 0 Å². The first-order chi connectivity index (χ1) is 15.5. The van der Waals surface area contributed by atoms with Crippen molar-refractivity contribution in [2.75, 3.05) is 5.32 Å². The van der Waals surface area contributed by atoms with Crippen LogP contribution in [0.5, 0.6) is 0 Å². The lowest BCUT2D eigenvalue weighted by atomic mass is 9.78. The number of anilines is 1. The summed E-state index contributed by atoms with van der Waals surface area (Å²) in [6.07, 6.45) is -1.67. The van der Waals surface area contributed by atoms with E-state index in [4.69, 9.17) is 4.98 Å². The molecule has 0 fully saturated rings. The van der Waals surface area contributed by atoms with Gasteiger partial charge in [-0.1, -0.05) is 66.7 Å². The summed E-state index contributed by atoms with van der Waals surface area (Å²) in [4.78, 5) is 9.22. The predicted octanol–water partition coefficient (Wildman–Crippen LogP) is 6.46. The fourth-order valence-electron chi connectivity index (χ4n) is 4.20. The zero-order valence-electron chi connectivity index (χ0n) is 17.1. The van der Waals surface area contributed by atoms with Crippen molar-refractivity contribution in [1.82, 2.24) is 9.97 Å². The molecule has 1 N–H and O–H groups in total. The molecule has 32 heavy (non-hydrogen) atoms. The van der Waals surface area contributed by atoms with Gasteiger partial charge in [0.15, 0.2) is 0 Å². The number of benzene rings is 3. The third-order valence-corrected chi connectivity index (χ3v) is 5.81. The Bertz CT molecular complexity index is 1240. The van der Waals surface area contributed by atoms with E-state index in [0.29, 0.717) is 12.5 Å². The molecule has 1 aliphatic rings. The summed E-state index contributed by atoms with van der Waals surface area (Å²) < 4.78 is 38.3. The average molecular weight is 431 g/mol. The van der Waals surface area contributed by atoms with Gasteiger partial charge in [0.25, 0.3) is 0 Å². The summed E-state index contributed by atoms with van der Waals surface area (Å²) >= 11 is 0. The molecule has 1 aromatic heterocycles. The van der Waals surface area contributed by atoms with Gasteiger partial charge < -0.3 is 5.32 Å². The summed E-state index contributed by atoms with van der Waals surface area (Å²) in [6, 6.07) is 23.8. The van der Waals surface area contributed by atoms with E-state index in [1.54, 1.807) is 0 Å². The van der Waals surface area contributed by atoms with E-state index in [2.05, 4.69) is 46.7 Å². The van der Waals surface area contributed by atoms with Crippen LogP contribution in [0.4, 0.5) is 19.1 Å². The van der Waals surface area contributed by atoms with Crippen LogP contribution >= 0.6 is 0 Å². The molecular weight excluding hydrogens is 411 g/mol. The molecular formula is C26H20F3N3. The molecule has 3 nitrogen and oxygen atoms in total. The van der Waals surface area contributed by atoms with Crippen LogP contribution in [0.1, 0.15) is 33.7 Å². The highest BCUT2D eigenvalue weighted by atomic mass is 19.4. The Hall–Kier alpha value is -3.67. The number of halogens is 3. The number of hydrogen-bond donors (Lipinski definition) is 1. The topological polar surface area (TPSA) is 37.8 Å². The molecule has 0 saturated carbocycles. The lowest BCUT2D eigenvalue weighted by Crippen LogP contribution is -2.15. The fourth-order valence-corrected chi connectivity index (χ4v) is 4.20. The van der Waals surface area contributed by atoms with Crippen LogP contribution in [0.15, 0.2) is 85.1 Å². The summed E-state index contributed by atoms with van der Waals surface area (Å²) in [5, 5.41) is 3.14. The van der Waals surface area contributed by atoms with Crippen molar-refractivity contribution >= 4 is 5.95 Å². The molecule has 0 amide bonds. The number of nitrogens with one attached hydrogen (secondary N) is 1. The predicted molar refractivity (Wildman–Crippen MR) is 118 cm³/mol. The highest BCUT2D eigenvalue weighted by molar-refractivity contribution is 5.72. The van der Waals surface area contributed by atoms with Crippen LogP contribution in [0.25, 0.3) is 11.3 Å². The van der Waals surface area contributed by atoms with Crippen molar-refractivity contribution in [3.05, 3.63) is 113 Å². The highest BCUT2D eigenvalue weighted by Gasteiger charge is 2.30. The third-order valence-electron chi connectivity index (χ3n) is 5.81. The Morgan fingerprint density at radius 1 is 0.875 bits per heavy atom. The number of aromatic nitrogens is 2. The molecule has 0 spiro atoms. The van der Waals surface area contributed by atoms with Crippen molar-refractivity contribution in [2.45, 2.75) is 25.1 Å². The van der Waals surface area contributed by atoms with Crippen molar-refractivity contribution in [3.63, 3.8) is 0 Å². The molecule has 5 rings (SSSR count). The summed E-state index contributed by atoms with van der Waals surface area (Å²) in [7, 11) is 0. The highest BCUT2D eigenvalue weighted by Crippen LogP contribution is 2.41. The van der Waals surface area contributed by atoms with E-state index in [1.807, 2.05) is 24.4 Å². The Morgan fingerprint density at radius 3 is 2.34 bits per heavy atom. The molecule has 4 aromatic rings. The Morgan fingerprint density at radius 2 is 1.59 bits per heavy atom. The Labute approximate surface area is 184 Å². The van der Waals surface area contributed by atoms with Gasteiger partial charge in [0.1, 0.15) is 0 Å². The minimum absolute atomic E-state index is 0.245. The maximum absolute atomic E-state index is 12.8. The second kappa shape index (κ2) is 8.11. The van der Waals surface area contributed by atoms with Crippen LogP contribution in [0, 0.1) is 0 Å². The lowest BCUT2D eigenvalue weighted by Gasteiger charge is -2.27. The Kier molecular flexibility index (Phi) is 5.13. The number of hydrogen-bond acceptors (Lipinski definition) is 3. The van der Waals surface area contributed by atoms with E-state index in [0.717, 1.165) is 40.9 Å². The van der Waals surface area contributed by atoms with Gasteiger partial charge in [-0.15, -0.1) is 0 Å². The smallest absolute Gasteiger partial charge is 0.350 e. The molecule has 0 bridgehead atoms. The van der Waals surface area contributed by atoms with Gasteiger partial charge in [0.2, 0.25) is 5.95 Å². The summed E-state index contributed by atoms with van der Waals surface area (Å²) in [6.45, 7) is 0.339. The molecule has 0 aliphatic heterocycles. The molecule has 3 aromatic carbocycles. The van der Waals surface area contributed by atoms with Crippen molar-refractivity contribution in [3.8, 4) is 11.3 Å². The van der Waals surface area contributed by atoms with Gasteiger partial charge in [-0.3, -0.25) is 0 Å². The van der Waals surface area contributed by atoms with Gasteiger partial charge in [-0.05, 0) is 40.8 Å². The molecule has 1 atom stereocenters. The standard InChI is InChI=1S/C26H20F3N3/c27-26(28,29)20-12-10-17(11-13-20)15-30-25-31-16-19-14-23(18-6-2-1-3-7-18)21-8-4-5-9-22(21)24(19)32-25/h1-13,16,23H,14-15H2,(H,30,31,32). The molecule has 6 heteroatoms. The zero-order chi connectivity index (χ0) is 22.1. The fraction of sp³-hybridized carbons (Fsp3) is 0.154. The first-order valence-electron chi connectivity index (χ1n) is 10.4. The van der Waals surface area contributed by atoms with E-state index in [-0.39, 0.29) is 5.92 Å². The molecule has 160 valence electrons. The van der Waals surface area contributed by atoms with Crippen LogP contribution in [0.3, 0.4) is 0 Å². The van der Waals surface area contributed by atoms with Crippen molar-refractivity contribution in [2.24, 2.45) is 0 Å². The maximum Gasteiger partial charge on any atom is 0.416 e. The van der Waals surface area contributed by atoms with Crippen molar-refractivity contribution in [1.29, 1.82) is 0 Å². The molecule has 0 saturated heterocycles. The van der Waals surface area contributed by atoms with Gasteiger partial charge >= 0.3 is 6.18 Å². The second-order valence-electron chi connectivity index (χ2n) is 7.87. The van der Waals surface area contributed by atoms with Crippen LogP contribution in [0.2, 0.25) is 0 Å². The van der Waals surface area contributed by atoms with E-state index in [1.165, 1.54) is 23.3 Å². The average Bonchev–Trinajstić information content (AvgIpc) is 2.82. The number of rotatable bonds is 4. The Balaban J connectivity index is 1.40. The normalized spacial score (nSPS) is 15.0. The molecule has 1 aliphatic carbocycles. The van der Waals surface area contributed by atoms with Gasteiger partial charge in [-0.2, -0.15) is 13.2 Å². The van der Waals surface area contributed by atoms with Crippen LogP contribution < -0.4 is 5.32 Å². The van der Waals surface area contributed by atoms with Crippen LogP contribution in [-0.4, -0.2) is 9.97 Å². The number of fused-ring (bicyclic) bond motifs is 3. The van der Waals surface area contributed by atoms with E-state index in [9.17, 15) is 13.2 Å². The quantitative estimate of drug-likeness (QED) is 0.403. The summed E-state index contributed by atoms with van der Waals surface area (Å²) in [5.41, 5.74) is 5.63. The number of nitrogens with zero attached hydrogens (tertiary/aromatic N) is 2. The van der Waals surface area contributed by atoms with Gasteiger partial charge in [0, 0.05) is 24.2 Å². The minimum atomic E-state index is -4.33. The molecule has 0 radical (unpaired) electrons. The first kappa shape index (κ1) is 20.2. The summed E-state index contributed by atoms with van der Waals surface area (Å²) in [5.74, 6) is 0.700. The van der Waals surface area contributed by atoms with Crippen LogP contribution in [-0.2, 0) is 19.1 Å². The SMILES string of the molecule is FC(F)(F)c1ccc(CNc2ncc3c(n2)-c2ccccc2C(c2ccccc2)C3)cc1. The number of alkyl halides is 3. The monoisotopic (exact) mass is 431 g/mol. The van der Waals surface area contributed by atoms with Gasteiger partial charge in [0.05, 0.1) is 11.3 Å². The second-order valence-corrected chi connectivity index (χ2v) is 7.87.